The average Bonchev–Trinajstić information content (AvgIpc) is 3.64. The van der Waals surface area contributed by atoms with Crippen LogP contribution < -0.4 is 10.6 Å². The number of nitrogens with one attached hydrogen (secondary N) is 2. The lowest BCUT2D eigenvalue weighted by molar-refractivity contribution is 0.0730. The Bertz CT molecular complexity index is 1700. The largest absolute Gasteiger partial charge is 0.461 e. The van der Waals surface area contributed by atoms with E-state index in [1.165, 1.54) is 39.3 Å². The first kappa shape index (κ1) is 23.1. The zero-order chi connectivity index (χ0) is 25.6. The molecule has 2 amide bonds. The molecule has 37 heavy (non-hydrogen) atoms. The second-order valence-corrected chi connectivity index (χ2v) is 10.2. The summed E-state index contributed by atoms with van der Waals surface area (Å²) < 4.78 is 40.6. The van der Waals surface area contributed by atoms with Crippen LogP contribution >= 0.6 is 0 Å². The molecule has 1 aliphatic heterocycles. The van der Waals surface area contributed by atoms with Gasteiger partial charge < -0.3 is 14.5 Å². The molecule has 0 atom stereocenters. The van der Waals surface area contributed by atoms with Crippen molar-refractivity contribution >= 4 is 44.4 Å². The van der Waals surface area contributed by atoms with Gasteiger partial charge in [0.05, 0.1) is 29.8 Å². The molecular formula is C22H21N9O5S. The molecule has 5 heterocycles. The molecule has 0 aliphatic carbocycles. The lowest BCUT2D eigenvalue weighted by Crippen LogP contribution is -2.40. The molecule has 5 aromatic rings. The van der Waals surface area contributed by atoms with E-state index >= 15 is 0 Å². The number of hydrogen-bond acceptors (Lipinski definition) is 9. The first-order chi connectivity index (χ1) is 17.9. The Morgan fingerprint density at radius 3 is 2.54 bits per heavy atom. The number of ether oxygens (including phenoxy) is 1. The highest BCUT2D eigenvalue weighted by Gasteiger charge is 2.26. The molecule has 190 valence electrons. The zero-order valence-corrected chi connectivity index (χ0v) is 20.3. The van der Waals surface area contributed by atoms with Gasteiger partial charge in [-0.3, -0.25) is 10.00 Å². The lowest BCUT2D eigenvalue weighted by Gasteiger charge is -2.26. The maximum absolute atomic E-state index is 12.8. The van der Waals surface area contributed by atoms with Crippen molar-refractivity contribution in [3.05, 3.63) is 48.9 Å². The van der Waals surface area contributed by atoms with Gasteiger partial charge in [-0.25, -0.2) is 18.2 Å². The van der Waals surface area contributed by atoms with Crippen molar-refractivity contribution in [1.29, 1.82) is 0 Å². The quantitative estimate of drug-likeness (QED) is 0.351. The Balaban J connectivity index is 1.25. The predicted molar refractivity (Wildman–Crippen MR) is 131 cm³/mol. The van der Waals surface area contributed by atoms with Crippen molar-refractivity contribution in [2.75, 3.05) is 36.9 Å². The van der Waals surface area contributed by atoms with Crippen LogP contribution in [0.2, 0.25) is 0 Å². The summed E-state index contributed by atoms with van der Waals surface area (Å²) in [6, 6.07) is 8.77. The number of benzene rings is 1. The fraction of sp³-hybridized carbons (Fsp3) is 0.227. The monoisotopic (exact) mass is 523 g/mol. The SMILES string of the molecule is Cn1cc2c(nc(NC(=O)Nc3ccc(S(=O)(=O)N4CCOCC4)cc3)n3nc(-c4ccco4)nc23)n1. The molecule has 0 unspecified atom stereocenters. The van der Waals surface area contributed by atoms with E-state index in [1.807, 2.05) is 0 Å². The summed E-state index contributed by atoms with van der Waals surface area (Å²) >= 11 is 0. The van der Waals surface area contributed by atoms with Crippen LogP contribution in [0.1, 0.15) is 0 Å². The van der Waals surface area contributed by atoms with Crippen molar-refractivity contribution in [3.63, 3.8) is 0 Å². The average molecular weight is 524 g/mol. The van der Waals surface area contributed by atoms with Gasteiger partial charge in [0.2, 0.25) is 21.8 Å². The maximum atomic E-state index is 12.8. The first-order valence-electron chi connectivity index (χ1n) is 11.3. The molecule has 0 spiro atoms. The van der Waals surface area contributed by atoms with Gasteiger partial charge in [-0.1, -0.05) is 0 Å². The van der Waals surface area contributed by atoms with E-state index in [1.54, 1.807) is 30.1 Å². The van der Waals surface area contributed by atoms with Crippen molar-refractivity contribution in [1.82, 2.24) is 33.7 Å². The summed E-state index contributed by atoms with van der Waals surface area (Å²) in [6.45, 7) is 1.33. The summed E-state index contributed by atoms with van der Waals surface area (Å²) in [4.78, 5) is 21.9. The van der Waals surface area contributed by atoms with Gasteiger partial charge in [0.1, 0.15) is 0 Å². The van der Waals surface area contributed by atoms with Crippen LogP contribution in [0.5, 0.6) is 0 Å². The third-order valence-corrected chi connectivity index (χ3v) is 7.67. The van der Waals surface area contributed by atoms with Crippen molar-refractivity contribution in [3.8, 4) is 11.6 Å². The van der Waals surface area contributed by atoms with E-state index in [0.29, 0.717) is 60.3 Å². The minimum Gasteiger partial charge on any atom is -0.461 e. The van der Waals surface area contributed by atoms with Crippen LogP contribution in [0.4, 0.5) is 16.4 Å². The normalized spacial score (nSPS) is 14.8. The smallest absolute Gasteiger partial charge is 0.326 e. The highest BCUT2D eigenvalue weighted by Crippen LogP contribution is 2.24. The van der Waals surface area contributed by atoms with Crippen LogP contribution in [0.15, 0.2) is 58.2 Å². The number of hydrogen-bond donors (Lipinski definition) is 2. The summed E-state index contributed by atoms with van der Waals surface area (Å²) in [6.07, 6.45) is 3.28. The first-order valence-corrected chi connectivity index (χ1v) is 12.7. The van der Waals surface area contributed by atoms with Crippen molar-refractivity contribution in [2.45, 2.75) is 4.90 Å². The highest BCUT2D eigenvalue weighted by molar-refractivity contribution is 7.89. The van der Waals surface area contributed by atoms with E-state index in [2.05, 4.69) is 30.8 Å². The number of aromatic nitrogens is 6. The molecule has 2 N–H and O–H groups in total. The zero-order valence-electron chi connectivity index (χ0n) is 19.5. The number of amides is 2. The maximum Gasteiger partial charge on any atom is 0.326 e. The number of rotatable bonds is 5. The second kappa shape index (κ2) is 8.95. The van der Waals surface area contributed by atoms with Crippen LogP contribution in [-0.2, 0) is 21.8 Å². The van der Waals surface area contributed by atoms with Gasteiger partial charge in [-0.15, -0.1) is 5.10 Å². The number of urea groups is 1. The number of furan rings is 1. The Kier molecular flexibility index (Phi) is 5.58. The van der Waals surface area contributed by atoms with Crippen LogP contribution in [0, 0.1) is 0 Å². The highest BCUT2D eigenvalue weighted by atomic mass is 32.2. The van der Waals surface area contributed by atoms with E-state index in [4.69, 9.17) is 9.15 Å². The fourth-order valence-electron chi connectivity index (χ4n) is 4.00. The number of aryl methyl sites for hydroxylation is 1. The van der Waals surface area contributed by atoms with E-state index in [0.717, 1.165) is 0 Å². The molecule has 14 nitrogen and oxygen atoms in total. The van der Waals surface area contributed by atoms with Gasteiger partial charge in [-0.2, -0.15) is 18.9 Å². The molecule has 1 aromatic carbocycles. The lowest BCUT2D eigenvalue weighted by atomic mass is 10.3. The molecular weight excluding hydrogens is 502 g/mol. The Morgan fingerprint density at radius 2 is 1.81 bits per heavy atom. The van der Waals surface area contributed by atoms with Gasteiger partial charge >= 0.3 is 6.03 Å². The summed E-state index contributed by atoms with van der Waals surface area (Å²) in [5.74, 6) is 0.877. The van der Waals surface area contributed by atoms with Crippen molar-refractivity contribution in [2.24, 2.45) is 7.05 Å². The standard InChI is InChI=1S/C22H21N9O5S/c1-29-13-16-18(27-29)25-21(31-20(16)24-19(28-31)17-3-2-10-36-17)26-22(32)23-14-4-6-15(7-5-14)37(33,34)30-8-11-35-12-9-30/h2-7,10,13H,8-9,11-12H2,1H3,(H2,23,25,26,27,32). The Hall–Kier alpha value is -4.34. The molecule has 0 saturated carbocycles. The molecule has 15 heteroatoms. The molecule has 0 radical (unpaired) electrons. The third kappa shape index (κ3) is 4.28. The number of fused-ring (bicyclic) bond motifs is 3. The summed E-state index contributed by atoms with van der Waals surface area (Å²) in [5.41, 5.74) is 1.21. The molecule has 4 aromatic heterocycles. The Morgan fingerprint density at radius 1 is 1.03 bits per heavy atom. The number of carbonyl (C=O) groups is 1. The minimum absolute atomic E-state index is 0.0931. The minimum atomic E-state index is -3.64. The molecule has 6 rings (SSSR count). The number of nitrogens with zero attached hydrogens (tertiary/aromatic N) is 7. The molecule has 1 fully saturated rings. The Labute approximate surface area is 209 Å². The van der Waals surface area contributed by atoms with E-state index in [-0.39, 0.29) is 10.8 Å². The van der Waals surface area contributed by atoms with Gasteiger partial charge in [0, 0.05) is 32.0 Å². The van der Waals surface area contributed by atoms with E-state index in [9.17, 15) is 13.2 Å². The second-order valence-electron chi connectivity index (χ2n) is 8.24. The molecule has 1 aliphatic rings. The molecule has 1 saturated heterocycles. The van der Waals surface area contributed by atoms with Gasteiger partial charge in [0.15, 0.2) is 17.1 Å². The summed E-state index contributed by atoms with van der Waals surface area (Å²) in [7, 11) is -1.88. The molecule has 0 bridgehead atoms. The van der Waals surface area contributed by atoms with Crippen LogP contribution in [0.3, 0.4) is 0 Å². The van der Waals surface area contributed by atoms with Crippen LogP contribution in [0.25, 0.3) is 28.3 Å². The van der Waals surface area contributed by atoms with Crippen molar-refractivity contribution < 1.29 is 22.4 Å². The third-order valence-electron chi connectivity index (χ3n) is 5.76. The van der Waals surface area contributed by atoms with Gasteiger partial charge in [0.25, 0.3) is 0 Å². The number of carbonyl (C=O) groups excluding carboxylic acids is 1. The predicted octanol–water partition coefficient (Wildman–Crippen LogP) is 1.94. The number of anilines is 2. The number of morpholine rings is 1. The fourth-order valence-corrected chi connectivity index (χ4v) is 5.41. The van der Waals surface area contributed by atoms with Crippen LogP contribution in [-0.4, -0.2) is 74.4 Å². The van der Waals surface area contributed by atoms with Gasteiger partial charge in [-0.05, 0) is 36.4 Å². The topological polar surface area (TPSA) is 162 Å². The number of sulfonamides is 1. The summed E-state index contributed by atoms with van der Waals surface area (Å²) in [5, 5.41) is 14.8. The van der Waals surface area contributed by atoms with E-state index < -0.39 is 16.1 Å².